The van der Waals surface area contributed by atoms with Gasteiger partial charge >= 0.3 is 170 Å². The van der Waals surface area contributed by atoms with E-state index in [4.69, 9.17) is 16.7 Å². The molecule has 0 saturated carbocycles. The Bertz CT molecular complexity index is 771. The summed E-state index contributed by atoms with van der Waals surface area (Å²) in [6.45, 7) is 1.74. The zero-order chi connectivity index (χ0) is 19.6. The molecule has 0 fully saturated rings. The molecule has 0 spiro atoms. The van der Waals surface area contributed by atoms with Gasteiger partial charge in [-0.1, -0.05) is 0 Å². The van der Waals surface area contributed by atoms with Crippen LogP contribution in [0.2, 0.25) is 15.4 Å². The number of carbonyl (C=O) groups is 2. The summed E-state index contributed by atoms with van der Waals surface area (Å²) in [4.78, 5) is 32.1. The summed E-state index contributed by atoms with van der Waals surface area (Å²) >= 11 is 4.27. The zero-order valence-corrected chi connectivity index (χ0v) is 18.0. The molecular weight excluding hydrogens is 427 g/mol. The van der Waals surface area contributed by atoms with E-state index < -0.39 is 20.6 Å². The number of hydrogen-bond acceptors (Lipinski definition) is 4. The molecule has 27 heavy (non-hydrogen) atoms. The first-order chi connectivity index (χ1) is 13.0. The van der Waals surface area contributed by atoms with Gasteiger partial charge in [0.15, 0.2) is 0 Å². The summed E-state index contributed by atoms with van der Waals surface area (Å²) in [5, 5.41) is 10.8. The van der Waals surface area contributed by atoms with E-state index in [1.165, 1.54) is 11.8 Å². The maximum absolute atomic E-state index is 13.1. The van der Waals surface area contributed by atoms with Crippen molar-refractivity contribution in [2.45, 2.75) is 49.4 Å². The zero-order valence-electron chi connectivity index (χ0n) is 15.4. The number of carboxylic acid groups (broad SMARTS) is 1. The van der Waals surface area contributed by atoms with Crippen molar-refractivity contribution in [1.29, 1.82) is 0 Å². The quantitative estimate of drug-likeness (QED) is 0.401. The fourth-order valence-corrected chi connectivity index (χ4v) is 7.80. The monoisotopic (exact) mass is 450 g/mol. The molecule has 1 aromatic carbocycles. The van der Waals surface area contributed by atoms with E-state index in [2.05, 4.69) is 22.1 Å². The van der Waals surface area contributed by atoms with Crippen LogP contribution in [0.3, 0.4) is 0 Å². The normalized spacial score (nSPS) is 11.9. The number of carbonyl (C=O) groups excluding carboxylic acids is 1. The van der Waals surface area contributed by atoms with E-state index in [9.17, 15) is 9.59 Å². The molecule has 1 N–H and O–H groups in total. The molecular formula is C20H24AsClN2O3. The SMILES string of the molecule is Cc1ncc(Cl)c(C(=O)[As](CCCCC(=O)O)CCCc2ccccc2)n1. The van der Waals surface area contributed by atoms with Crippen LogP contribution in [-0.2, 0) is 11.2 Å². The van der Waals surface area contributed by atoms with Gasteiger partial charge in [0.1, 0.15) is 0 Å². The molecule has 7 heteroatoms. The third kappa shape index (κ3) is 7.43. The molecule has 144 valence electrons. The van der Waals surface area contributed by atoms with Crippen molar-refractivity contribution in [3.05, 3.63) is 58.6 Å². The van der Waals surface area contributed by atoms with Crippen molar-refractivity contribution in [1.82, 2.24) is 9.97 Å². The summed E-state index contributed by atoms with van der Waals surface area (Å²) in [5.74, 6) is -0.259. The number of benzene rings is 1. The molecule has 1 unspecified atom stereocenters. The first kappa shape index (κ1) is 21.6. The van der Waals surface area contributed by atoms with E-state index >= 15 is 0 Å². The summed E-state index contributed by atoms with van der Waals surface area (Å²) < 4.78 is 0.0707. The van der Waals surface area contributed by atoms with Crippen LogP contribution in [0.25, 0.3) is 0 Å². The Morgan fingerprint density at radius 3 is 2.52 bits per heavy atom. The van der Waals surface area contributed by atoms with Crippen molar-refractivity contribution in [3.8, 4) is 0 Å². The van der Waals surface area contributed by atoms with Crippen LogP contribution in [0.5, 0.6) is 0 Å². The summed E-state index contributed by atoms with van der Waals surface area (Å²) in [5.41, 5.74) is 1.60. The standard InChI is InChI=1S/C20H24AsClN2O3/c1-15-23-14-17(22)19(24-15)20(27)21(12-6-5-11-18(25)26)13-7-10-16-8-3-2-4-9-16/h2-4,8-9,14H,5-7,10-13H2,1H3,(H,25,26). The van der Waals surface area contributed by atoms with Crippen LogP contribution in [-0.4, -0.2) is 40.3 Å². The number of rotatable bonds is 11. The fraction of sp³-hybridized carbons (Fsp3) is 0.400. The Morgan fingerprint density at radius 2 is 1.81 bits per heavy atom. The predicted molar refractivity (Wildman–Crippen MR) is 108 cm³/mol. The number of aromatic nitrogens is 2. The van der Waals surface area contributed by atoms with Crippen molar-refractivity contribution >= 4 is 36.8 Å². The molecule has 0 aliphatic rings. The Morgan fingerprint density at radius 1 is 1.11 bits per heavy atom. The molecule has 0 radical (unpaired) electrons. The van der Waals surface area contributed by atoms with Crippen LogP contribution in [0, 0.1) is 6.92 Å². The number of carboxylic acids is 1. The second-order valence-electron chi connectivity index (χ2n) is 6.35. The Balaban J connectivity index is 2.02. The summed E-state index contributed by atoms with van der Waals surface area (Å²) in [7, 11) is 0. The second kappa shape index (κ2) is 11.2. The minimum absolute atomic E-state index is 0.0707. The van der Waals surface area contributed by atoms with E-state index in [0.717, 1.165) is 29.7 Å². The van der Waals surface area contributed by atoms with Crippen LogP contribution < -0.4 is 0 Å². The minimum atomic E-state index is -1.89. The topological polar surface area (TPSA) is 80.2 Å². The molecule has 5 nitrogen and oxygen atoms in total. The van der Waals surface area contributed by atoms with Gasteiger partial charge in [-0.2, -0.15) is 0 Å². The van der Waals surface area contributed by atoms with Crippen LogP contribution in [0.4, 0.5) is 0 Å². The molecule has 0 aliphatic heterocycles. The maximum atomic E-state index is 13.1. The van der Waals surface area contributed by atoms with Crippen LogP contribution in [0.1, 0.15) is 47.6 Å². The van der Waals surface area contributed by atoms with Gasteiger partial charge in [-0.15, -0.1) is 0 Å². The Labute approximate surface area is 169 Å². The van der Waals surface area contributed by atoms with E-state index in [1.807, 2.05) is 18.2 Å². The molecule has 0 saturated heterocycles. The number of aryl methyl sites for hydroxylation is 2. The van der Waals surface area contributed by atoms with Gasteiger partial charge < -0.3 is 0 Å². The van der Waals surface area contributed by atoms with Crippen LogP contribution in [0.15, 0.2) is 36.5 Å². The number of aliphatic carboxylic acids is 1. The number of nitrogens with zero attached hydrogens (tertiary/aromatic N) is 2. The van der Waals surface area contributed by atoms with E-state index in [-0.39, 0.29) is 11.0 Å². The Kier molecular flexibility index (Phi) is 8.96. The first-order valence-corrected chi connectivity index (χ1v) is 13.0. The van der Waals surface area contributed by atoms with E-state index in [1.54, 1.807) is 6.92 Å². The third-order valence-electron chi connectivity index (χ3n) is 4.16. The van der Waals surface area contributed by atoms with E-state index in [0.29, 0.717) is 23.0 Å². The van der Waals surface area contributed by atoms with Gasteiger partial charge in [0, 0.05) is 0 Å². The number of hydrogen-bond donors (Lipinski definition) is 1. The van der Waals surface area contributed by atoms with Crippen molar-refractivity contribution in [2.24, 2.45) is 0 Å². The fourth-order valence-electron chi connectivity index (χ4n) is 2.77. The average molecular weight is 451 g/mol. The van der Waals surface area contributed by atoms with Gasteiger partial charge in [-0.3, -0.25) is 0 Å². The molecule has 2 aromatic rings. The Hall–Kier alpha value is -1.71. The second-order valence-corrected chi connectivity index (χ2v) is 11.7. The number of unbranched alkanes of at least 4 members (excludes halogenated alkanes) is 1. The first-order valence-electron chi connectivity index (χ1n) is 9.01. The molecule has 0 aliphatic carbocycles. The van der Waals surface area contributed by atoms with Gasteiger partial charge in [0.05, 0.1) is 0 Å². The van der Waals surface area contributed by atoms with Gasteiger partial charge in [0.2, 0.25) is 0 Å². The molecule has 1 aromatic heterocycles. The summed E-state index contributed by atoms with van der Waals surface area (Å²) in [6, 6.07) is 10.2. The van der Waals surface area contributed by atoms with Gasteiger partial charge in [-0.05, 0) is 0 Å². The third-order valence-corrected chi connectivity index (χ3v) is 9.68. The molecule has 0 amide bonds. The van der Waals surface area contributed by atoms with Crippen molar-refractivity contribution in [3.63, 3.8) is 0 Å². The molecule has 2 rings (SSSR count). The molecule has 1 atom stereocenters. The van der Waals surface area contributed by atoms with Crippen molar-refractivity contribution < 1.29 is 14.7 Å². The predicted octanol–water partition coefficient (Wildman–Crippen LogP) is 4.54. The average Bonchev–Trinajstić information content (AvgIpc) is 2.65. The molecule has 1 heterocycles. The van der Waals surface area contributed by atoms with Gasteiger partial charge in [-0.25, -0.2) is 0 Å². The van der Waals surface area contributed by atoms with Gasteiger partial charge in [0.25, 0.3) is 0 Å². The molecule has 0 bridgehead atoms. The number of halogens is 1. The van der Waals surface area contributed by atoms with Crippen molar-refractivity contribution in [2.75, 3.05) is 0 Å². The summed E-state index contributed by atoms with van der Waals surface area (Å²) in [6.07, 6.45) is 4.86. The van der Waals surface area contributed by atoms with Crippen LogP contribution >= 0.6 is 11.6 Å².